The fourth-order valence-electron chi connectivity index (χ4n) is 3.78. The normalized spacial score (nSPS) is 18.7. The highest BCUT2D eigenvalue weighted by molar-refractivity contribution is 6.06. The highest BCUT2D eigenvalue weighted by atomic mass is 16.2. The highest BCUT2D eigenvalue weighted by Gasteiger charge is 2.27. The van der Waals surface area contributed by atoms with Crippen molar-refractivity contribution >= 4 is 16.8 Å². The molecule has 26 heavy (non-hydrogen) atoms. The molecule has 1 aliphatic heterocycles. The van der Waals surface area contributed by atoms with Crippen molar-refractivity contribution in [3.05, 3.63) is 41.6 Å². The van der Waals surface area contributed by atoms with Crippen molar-refractivity contribution in [3.8, 4) is 0 Å². The number of rotatable bonds is 5. The Morgan fingerprint density at radius 1 is 1.19 bits per heavy atom. The molecule has 0 unspecified atom stereocenters. The second kappa shape index (κ2) is 7.36. The second-order valence-electron chi connectivity index (χ2n) is 8.18. The van der Waals surface area contributed by atoms with Gasteiger partial charge in [-0.05, 0) is 56.2 Å². The van der Waals surface area contributed by atoms with Crippen LogP contribution in [0.4, 0.5) is 0 Å². The number of hydrogen-bond acceptors (Lipinski definition) is 3. The molecule has 138 valence electrons. The van der Waals surface area contributed by atoms with Gasteiger partial charge in [-0.2, -0.15) is 0 Å². The third kappa shape index (κ3) is 3.75. The monoisotopic (exact) mass is 351 g/mol. The quantitative estimate of drug-likeness (QED) is 0.887. The fraction of sp³-hybridized carbons (Fsp3) is 0.545. The molecule has 1 aromatic heterocycles. The Hall–Kier alpha value is -1.94. The van der Waals surface area contributed by atoms with Crippen LogP contribution in [0.2, 0.25) is 0 Å². The zero-order valence-corrected chi connectivity index (χ0v) is 15.9. The molecule has 2 fully saturated rings. The third-order valence-corrected chi connectivity index (χ3v) is 5.73. The van der Waals surface area contributed by atoms with E-state index in [1.807, 2.05) is 35.2 Å². The first-order valence-electron chi connectivity index (χ1n) is 10.0. The first-order valence-corrected chi connectivity index (χ1v) is 10.0. The van der Waals surface area contributed by atoms with Crippen LogP contribution >= 0.6 is 0 Å². The van der Waals surface area contributed by atoms with Crippen LogP contribution in [0.3, 0.4) is 0 Å². The van der Waals surface area contributed by atoms with Gasteiger partial charge in [0.25, 0.3) is 5.91 Å². The van der Waals surface area contributed by atoms with Crippen LogP contribution in [0.1, 0.15) is 61.5 Å². The summed E-state index contributed by atoms with van der Waals surface area (Å²) in [7, 11) is 0. The lowest BCUT2D eigenvalue weighted by molar-refractivity contribution is 0.0707. The Kier molecular flexibility index (Phi) is 4.94. The number of carbonyl (C=O) groups is 1. The van der Waals surface area contributed by atoms with Crippen LogP contribution < -0.4 is 5.32 Å². The van der Waals surface area contributed by atoms with E-state index in [1.54, 1.807) is 0 Å². The molecule has 2 heterocycles. The van der Waals surface area contributed by atoms with Crippen molar-refractivity contribution < 1.29 is 4.79 Å². The number of nitrogens with one attached hydrogen (secondary N) is 1. The smallest absolute Gasteiger partial charge is 0.254 e. The van der Waals surface area contributed by atoms with Gasteiger partial charge in [0.05, 0.1) is 11.1 Å². The van der Waals surface area contributed by atoms with Crippen LogP contribution in [-0.4, -0.2) is 41.5 Å². The van der Waals surface area contributed by atoms with E-state index < -0.39 is 0 Å². The summed E-state index contributed by atoms with van der Waals surface area (Å²) in [5, 5.41) is 4.66. The minimum Gasteiger partial charge on any atom is -0.339 e. The average molecular weight is 351 g/mol. The van der Waals surface area contributed by atoms with E-state index in [2.05, 4.69) is 19.2 Å². The SMILES string of the molecule is CC(C)c1cc(C(=O)N2CCC(NCC3CC3)CC2)c2ccccc2n1. The molecule has 1 saturated carbocycles. The van der Waals surface area contributed by atoms with Crippen LogP contribution in [0, 0.1) is 5.92 Å². The largest absolute Gasteiger partial charge is 0.339 e. The number of carbonyl (C=O) groups excluding carboxylic acids is 1. The highest BCUT2D eigenvalue weighted by Crippen LogP contribution is 2.28. The molecule has 0 bridgehead atoms. The Labute approximate surface area is 156 Å². The molecule has 1 N–H and O–H groups in total. The molecule has 0 spiro atoms. The molecule has 1 saturated heterocycles. The molecule has 1 aliphatic carbocycles. The van der Waals surface area contributed by atoms with Gasteiger partial charge in [0.1, 0.15) is 0 Å². The van der Waals surface area contributed by atoms with Gasteiger partial charge in [-0.25, -0.2) is 0 Å². The summed E-state index contributed by atoms with van der Waals surface area (Å²) in [6.07, 6.45) is 4.88. The fourth-order valence-corrected chi connectivity index (χ4v) is 3.78. The number of amides is 1. The minimum absolute atomic E-state index is 0.158. The van der Waals surface area contributed by atoms with E-state index in [-0.39, 0.29) is 5.91 Å². The van der Waals surface area contributed by atoms with Gasteiger partial charge in [0, 0.05) is 30.2 Å². The molecule has 0 atom stereocenters. The van der Waals surface area contributed by atoms with Crippen molar-refractivity contribution in [3.63, 3.8) is 0 Å². The van der Waals surface area contributed by atoms with Gasteiger partial charge in [-0.3, -0.25) is 9.78 Å². The number of pyridine rings is 1. The molecule has 0 radical (unpaired) electrons. The maximum absolute atomic E-state index is 13.2. The second-order valence-corrected chi connectivity index (χ2v) is 8.18. The van der Waals surface area contributed by atoms with Gasteiger partial charge in [-0.15, -0.1) is 0 Å². The van der Waals surface area contributed by atoms with Crippen LogP contribution in [0.25, 0.3) is 10.9 Å². The first kappa shape index (κ1) is 17.5. The van der Waals surface area contributed by atoms with Crippen molar-refractivity contribution in [2.24, 2.45) is 5.92 Å². The molecule has 1 aromatic carbocycles. The number of piperidine rings is 1. The van der Waals surface area contributed by atoms with E-state index in [0.717, 1.165) is 60.6 Å². The average Bonchev–Trinajstić information content (AvgIpc) is 3.50. The van der Waals surface area contributed by atoms with Gasteiger partial charge in [0.2, 0.25) is 0 Å². The third-order valence-electron chi connectivity index (χ3n) is 5.73. The molecule has 4 rings (SSSR count). The van der Waals surface area contributed by atoms with E-state index in [1.165, 1.54) is 12.8 Å². The molecule has 2 aromatic rings. The van der Waals surface area contributed by atoms with Gasteiger partial charge in [0.15, 0.2) is 0 Å². The number of likely N-dealkylation sites (tertiary alicyclic amines) is 1. The van der Waals surface area contributed by atoms with Gasteiger partial charge in [-0.1, -0.05) is 32.0 Å². The zero-order chi connectivity index (χ0) is 18.1. The van der Waals surface area contributed by atoms with Gasteiger partial charge >= 0.3 is 0 Å². The predicted octanol–water partition coefficient (Wildman–Crippen LogP) is 3.96. The number of nitrogens with zero attached hydrogens (tertiary/aromatic N) is 2. The first-order chi connectivity index (χ1) is 12.6. The van der Waals surface area contributed by atoms with Crippen molar-refractivity contribution in [2.45, 2.75) is 51.5 Å². The zero-order valence-electron chi connectivity index (χ0n) is 15.9. The summed E-state index contributed by atoms with van der Waals surface area (Å²) in [5.41, 5.74) is 2.72. The topological polar surface area (TPSA) is 45.2 Å². The molecule has 4 nitrogen and oxygen atoms in total. The lowest BCUT2D eigenvalue weighted by Crippen LogP contribution is -2.45. The summed E-state index contributed by atoms with van der Waals surface area (Å²) < 4.78 is 0. The maximum atomic E-state index is 13.2. The Morgan fingerprint density at radius 2 is 1.92 bits per heavy atom. The summed E-state index contributed by atoms with van der Waals surface area (Å²) in [6, 6.07) is 10.6. The lowest BCUT2D eigenvalue weighted by atomic mass is 9.99. The van der Waals surface area contributed by atoms with Gasteiger partial charge < -0.3 is 10.2 Å². The number of para-hydroxylation sites is 1. The molecule has 4 heteroatoms. The van der Waals surface area contributed by atoms with E-state index in [9.17, 15) is 4.79 Å². The number of aromatic nitrogens is 1. The van der Waals surface area contributed by atoms with E-state index in [0.29, 0.717) is 12.0 Å². The van der Waals surface area contributed by atoms with Crippen molar-refractivity contribution in [1.82, 2.24) is 15.2 Å². The van der Waals surface area contributed by atoms with Crippen LogP contribution in [0.15, 0.2) is 30.3 Å². The molecular weight excluding hydrogens is 322 g/mol. The molecule has 2 aliphatic rings. The van der Waals surface area contributed by atoms with Crippen LogP contribution in [0.5, 0.6) is 0 Å². The number of benzene rings is 1. The minimum atomic E-state index is 0.158. The van der Waals surface area contributed by atoms with E-state index >= 15 is 0 Å². The van der Waals surface area contributed by atoms with E-state index in [4.69, 9.17) is 4.98 Å². The molecule has 1 amide bonds. The lowest BCUT2D eigenvalue weighted by Gasteiger charge is -2.33. The summed E-state index contributed by atoms with van der Waals surface area (Å²) >= 11 is 0. The predicted molar refractivity (Wildman–Crippen MR) is 105 cm³/mol. The van der Waals surface area contributed by atoms with Crippen LogP contribution in [-0.2, 0) is 0 Å². The van der Waals surface area contributed by atoms with Crippen molar-refractivity contribution in [2.75, 3.05) is 19.6 Å². The Bertz CT molecular complexity index is 789. The summed E-state index contributed by atoms with van der Waals surface area (Å²) in [4.78, 5) is 20.0. The Morgan fingerprint density at radius 3 is 2.62 bits per heavy atom. The Balaban J connectivity index is 1.50. The summed E-state index contributed by atoms with van der Waals surface area (Å²) in [5.74, 6) is 1.38. The van der Waals surface area contributed by atoms with Crippen molar-refractivity contribution in [1.29, 1.82) is 0 Å². The molecular formula is C22H29N3O. The number of fused-ring (bicyclic) bond motifs is 1. The summed E-state index contributed by atoms with van der Waals surface area (Å²) in [6.45, 7) is 7.10. The number of hydrogen-bond donors (Lipinski definition) is 1. The maximum Gasteiger partial charge on any atom is 0.254 e. The standard InChI is InChI=1S/C22H29N3O/c1-15(2)21-13-19(18-5-3-4-6-20(18)24-21)22(26)25-11-9-17(10-12-25)23-14-16-7-8-16/h3-6,13,15-17,23H,7-12,14H2,1-2H3.